The van der Waals surface area contributed by atoms with Crippen molar-refractivity contribution in [3.63, 3.8) is 0 Å². The van der Waals surface area contributed by atoms with Crippen molar-refractivity contribution in [3.05, 3.63) is 36.2 Å². The molecule has 1 saturated heterocycles. The van der Waals surface area contributed by atoms with Crippen LogP contribution in [0.5, 0.6) is 0 Å². The lowest BCUT2D eigenvalue weighted by Crippen LogP contribution is -2.35. The van der Waals surface area contributed by atoms with E-state index in [1.54, 1.807) is 11.3 Å². The first-order valence-corrected chi connectivity index (χ1v) is 11.4. The van der Waals surface area contributed by atoms with E-state index in [1.165, 1.54) is 0 Å². The van der Waals surface area contributed by atoms with Crippen molar-refractivity contribution in [1.82, 2.24) is 20.3 Å². The molecule has 3 heterocycles. The summed E-state index contributed by atoms with van der Waals surface area (Å²) in [6.07, 6.45) is 7.58. The zero-order valence-corrected chi connectivity index (χ0v) is 18.0. The number of rotatable bonds is 7. The van der Waals surface area contributed by atoms with E-state index in [0.717, 1.165) is 65.5 Å². The molecule has 3 aromatic rings. The van der Waals surface area contributed by atoms with Crippen LogP contribution in [0.15, 0.2) is 30.6 Å². The van der Waals surface area contributed by atoms with Crippen LogP contribution in [0.3, 0.4) is 0 Å². The standard InChI is InChI=1S/C22H27N5O2S/c1-2-8-23-20(29)16-3-4-18-19(12-16)30-21(26-18)17-13-24-22(25-14-17)27-9-5-15(6-10-27)7-11-28/h3-4,12-15,28H,2,5-11H2,1H3,(H,23,29). The lowest BCUT2D eigenvalue weighted by Gasteiger charge is -2.31. The third-order valence-electron chi connectivity index (χ3n) is 5.51. The number of carbonyl (C=O) groups is 1. The summed E-state index contributed by atoms with van der Waals surface area (Å²) in [5, 5.41) is 12.9. The van der Waals surface area contributed by atoms with Gasteiger partial charge < -0.3 is 15.3 Å². The molecule has 8 heteroatoms. The normalized spacial score (nSPS) is 14.9. The highest BCUT2D eigenvalue weighted by molar-refractivity contribution is 7.21. The van der Waals surface area contributed by atoms with Gasteiger partial charge in [0.2, 0.25) is 5.95 Å². The van der Waals surface area contributed by atoms with Crippen molar-refractivity contribution in [2.45, 2.75) is 32.6 Å². The van der Waals surface area contributed by atoms with E-state index >= 15 is 0 Å². The minimum Gasteiger partial charge on any atom is -0.396 e. The minimum atomic E-state index is -0.0517. The van der Waals surface area contributed by atoms with Crippen molar-refractivity contribution in [3.8, 4) is 10.6 Å². The Morgan fingerprint density at radius 1 is 1.27 bits per heavy atom. The number of aromatic nitrogens is 3. The Morgan fingerprint density at radius 2 is 2.03 bits per heavy atom. The first kappa shape index (κ1) is 20.7. The maximum absolute atomic E-state index is 12.2. The molecule has 1 fully saturated rings. The van der Waals surface area contributed by atoms with Crippen LogP contribution in [0.2, 0.25) is 0 Å². The summed E-state index contributed by atoms with van der Waals surface area (Å²) in [5.74, 6) is 1.29. The summed E-state index contributed by atoms with van der Waals surface area (Å²) in [7, 11) is 0. The number of carbonyl (C=O) groups excluding carboxylic acids is 1. The number of amides is 1. The summed E-state index contributed by atoms with van der Waals surface area (Å²) in [5.41, 5.74) is 2.41. The summed E-state index contributed by atoms with van der Waals surface area (Å²) in [6.45, 7) is 4.82. The Labute approximate surface area is 180 Å². The van der Waals surface area contributed by atoms with Crippen molar-refractivity contribution < 1.29 is 9.90 Å². The van der Waals surface area contributed by atoms with Gasteiger partial charge in [0, 0.05) is 49.8 Å². The number of hydrogen-bond donors (Lipinski definition) is 2. The highest BCUT2D eigenvalue weighted by atomic mass is 32.1. The highest BCUT2D eigenvalue weighted by Crippen LogP contribution is 2.31. The van der Waals surface area contributed by atoms with Crippen LogP contribution in [0, 0.1) is 5.92 Å². The number of fused-ring (bicyclic) bond motifs is 1. The van der Waals surface area contributed by atoms with E-state index in [2.05, 4.69) is 25.2 Å². The molecular weight excluding hydrogens is 398 g/mol. The van der Waals surface area contributed by atoms with E-state index < -0.39 is 0 Å². The van der Waals surface area contributed by atoms with Crippen LogP contribution in [0.1, 0.15) is 43.0 Å². The second-order valence-electron chi connectivity index (χ2n) is 7.67. The predicted octanol–water partition coefficient (Wildman–Crippen LogP) is 3.49. The number of nitrogens with one attached hydrogen (secondary N) is 1. The molecule has 1 amide bonds. The average molecular weight is 426 g/mol. The number of benzene rings is 1. The fraction of sp³-hybridized carbons (Fsp3) is 0.455. The lowest BCUT2D eigenvalue weighted by molar-refractivity contribution is 0.0954. The van der Waals surface area contributed by atoms with Crippen LogP contribution in [0.25, 0.3) is 20.8 Å². The van der Waals surface area contributed by atoms with Crippen molar-refractivity contribution in [1.29, 1.82) is 0 Å². The van der Waals surface area contributed by atoms with Crippen LogP contribution in [0.4, 0.5) is 5.95 Å². The Hall–Kier alpha value is -2.58. The van der Waals surface area contributed by atoms with Gasteiger partial charge in [-0.25, -0.2) is 15.0 Å². The summed E-state index contributed by atoms with van der Waals surface area (Å²) >= 11 is 1.54. The molecule has 2 N–H and O–H groups in total. The lowest BCUT2D eigenvalue weighted by atomic mass is 9.94. The number of nitrogens with zero attached hydrogens (tertiary/aromatic N) is 4. The van der Waals surface area contributed by atoms with Gasteiger partial charge in [-0.1, -0.05) is 6.92 Å². The second kappa shape index (κ2) is 9.49. The first-order chi connectivity index (χ1) is 14.7. The first-order valence-electron chi connectivity index (χ1n) is 10.5. The molecule has 0 spiro atoms. The molecule has 0 saturated carbocycles. The minimum absolute atomic E-state index is 0.0517. The second-order valence-corrected chi connectivity index (χ2v) is 8.70. The molecular formula is C22H27N5O2S. The Morgan fingerprint density at radius 3 is 2.73 bits per heavy atom. The number of anilines is 1. The molecule has 4 rings (SSSR count). The fourth-order valence-electron chi connectivity index (χ4n) is 3.73. The monoisotopic (exact) mass is 425 g/mol. The van der Waals surface area contributed by atoms with Gasteiger partial charge in [-0.15, -0.1) is 11.3 Å². The Kier molecular flexibility index (Phi) is 6.54. The van der Waals surface area contributed by atoms with Gasteiger partial charge in [0.05, 0.1) is 10.2 Å². The van der Waals surface area contributed by atoms with E-state index in [-0.39, 0.29) is 12.5 Å². The van der Waals surface area contributed by atoms with Crippen LogP contribution in [-0.4, -0.2) is 52.2 Å². The molecule has 1 aromatic carbocycles. The number of hydrogen-bond acceptors (Lipinski definition) is 7. The summed E-state index contributed by atoms with van der Waals surface area (Å²) in [6, 6.07) is 5.60. The van der Waals surface area contributed by atoms with Gasteiger partial charge in [0.25, 0.3) is 5.91 Å². The fourth-order valence-corrected chi connectivity index (χ4v) is 4.71. The van der Waals surface area contributed by atoms with Gasteiger partial charge >= 0.3 is 0 Å². The molecule has 0 bridgehead atoms. The zero-order valence-electron chi connectivity index (χ0n) is 17.2. The average Bonchev–Trinajstić information content (AvgIpc) is 3.22. The van der Waals surface area contributed by atoms with Gasteiger partial charge in [-0.05, 0) is 49.8 Å². The zero-order chi connectivity index (χ0) is 20.9. The van der Waals surface area contributed by atoms with Gasteiger partial charge in [-0.3, -0.25) is 4.79 Å². The largest absolute Gasteiger partial charge is 0.396 e. The SMILES string of the molecule is CCCNC(=O)c1ccc2nc(-c3cnc(N4CCC(CCO)CC4)nc3)sc2c1. The van der Waals surface area contributed by atoms with Gasteiger partial charge in [0.15, 0.2) is 0 Å². The molecule has 1 aliphatic heterocycles. The number of aliphatic hydroxyl groups is 1. The summed E-state index contributed by atoms with van der Waals surface area (Å²) < 4.78 is 0.976. The van der Waals surface area contributed by atoms with E-state index in [9.17, 15) is 4.79 Å². The molecule has 7 nitrogen and oxygen atoms in total. The molecule has 30 heavy (non-hydrogen) atoms. The molecule has 2 aromatic heterocycles. The Bertz CT molecular complexity index is 996. The summed E-state index contributed by atoms with van der Waals surface area (Å²) in [4.78, 5) is 28.2. The van der Waals surface area contributed by atoms with E-state index in [4.69, 9.17) is 5.11 Å². The van der Waals surface area contributed by atoms with Crippen LogP contribution >= 0.6 is 11.3 Å². The number of thiazole rings is 1. The van der Waals surface area contributed by atoms with Crippen LogP contribution < -0.4 is 10.2 Å². The van der Waals surface area contributed by atoms with Crippen molar-refractivity contribution in [2.75, 3.05) is 31.1 Å². The van der Waals surface area contributed by atoms with Crippen molar-refractivity contribution >= 4 is 33.4 Å². The predicted molar refractivity (Wildman–Crippen MR) is 120 cm³/mol. The topological polar surface area (TPSA) is 91.2 Å². The maximum Gasteiger partial charge on any atom is 0.251 e. The molecule has 1 aliphatic rings. The smallest absolute Gasteiger partial charge is 0.251 e. The molecule has 0 aliphatic carbocycles. The van der Waals surface area contributed by atoms with Crippen LogP contribution in [-0.2, 0) is 0 Å². The number of piperidine rings is 1. The van der Waals surface area contributed by atoms with Gasteiger partial charge in [0.1, 0.15) is 5.01 Å². The quantitative estimate of drug-likeness (QED) is 0.602. The van der Waals surface area contributed by atoms with Crippen molar-refractivity contribution in [2.24, 2.45) is 5.92 Å². The van der Waals surface area contributed by atoms with Gasteiger partial charge in [-0.2, -0.15) is 0 Å². The maximum atomic E-state index is 12.2. The molecule has 0 radical (unpaired) electrons. The van der Waals surface area contributed by atoms with E-state index in [0.29, 0.717) is 18.0 Å². The third kappa shape index (κ3) is 4.60. The molecule has 0 atom stereocenters. The highest BCUT2D eigenvalue weighted by Gasteiger charge is 2.20. The molecule has 0 unspecified atom stereocenters. The third-order valence-corrected chi connectivity index (χ3v) is 6.57. The number of aliphatic hydroxyl groups excluding tert-OH is 1. The molecule has 158 valence electrons. The Balaban J connectivity index is 1.47. The van der Waals surface area contributed by atoms with E-state index in [1.807, 2.05) is 37.5 Å².